The fourth-order valence-electron chi connectivity index (χ4n) is 3.34. The zero-order valence-corrected chi connectivity index (χ0v) is 11.9. The van der Waals surface area contributed by atoms with Crippen LogP contribution in [0, 0.1) is 0 Å². The van der Waals surface area contributed by atoms with Gasteiger partial charge in [0.15, 0.2) is 0 Å². The average molecular weight is 293 g/mol. The smallest absolute Gasteiger partial charge is 0.239 e. The van der Waals surface area contributed by atoms with Crippen LogP contribution in [-0.4, -0.2) is 59.8 Å². The van der Waals surface area contributed by atoms with E-state index in [-0.39, 0.29) is 11.9 Å². The predicted octanol–water partition coefficient (Wildman–Crippen LogP) is 0.678. The van der Waals surface area contributed by atoms with Crippen LogP contribution < -0.4 is 0 Å². The molecule has 0 aromatic carbocycles. The molecule has 1 aromatic heterocycles. The number of hydrogen-bond donors (Lipinski definition) is 0. The summed E-state index contributed by atoms with van der Waals surface area (Å²) in [5, 5.41) is 4.02. The molecule has 3 aliphatic heterocycles. The summed E-state index contributed by atoms with van der Waals surface area (Å²) in [6.07, 6.45) is 2.69. The van der Waals surface area contributed by atoms with Crippen LogP contribution in [0.25, 0.3) is 0 Å². The number of ether oxygens (including phenoxy) is 2. The summed E-state index contributed by atoms with van der Waals surface area (Å²) in [6, 6.07) is 0.543. The first-order valence-corrected chi connectivity index (χ1v) is 7.61. The van der Waals surface area contributed by atoms with Crippen molar-refractivity contribution in [2.75, 3.05) is 32.9 Å². The van der Waals surface area contributed by atoms with Gasteiger partial charge in [0.1, 0.15) is 17.8 Å². The summed E-state index contributed by atoms with van der Waals surface area (Å²) in [4.78, 5) is 18.7. The van der Waals surface area contributed by atoms with E-state index in [1.807, 2.05) is 0 Å². The minimum Gasteiger partial charge on any atom is -0.380 e. The highest BCUT2D eigenvalue weighted by atomic mass is 16.5. The third-order valence-electron chi connectivity index (χ3n) is 4.60. The second-order valence-corrected chi connectivity index (χ2v) is 5.95. The summed E-state index contributed by atoms with van der Waals surface area (Å²) >= 11 is 0. The average Bonchev–Trinajstić information content (AvgIpc) is 3.16. The SMILES string of the molecule is O=C1CCOCC1c1nc(C2CN3CCCC3CO2)no1. The van der Waals surface area contributed by atoms with Gasteiger partial charge >= 0.3 is 0 Å². The molecular weight excluding hydrogens is 274 g/mol. The van der Waals surface area contributed by atoms with Crippen LogP contribution in [0.15, 0.2) is 4.52 Å². The van der Waals surface area contributed by atoms with E-state index in [2.05, 4.69) is 15.0 Å². The lowest BCUT2D eigenvalue weighted by Gasteiger charge is -2.33. The minimum absolute atomic E-state index is 0.112. The minimum atomic E-state index is -0.414. The van der Waals surface area contributed by atoms with E-state index < -0.39 is 5.92 Å². The first-order chi connectivity index (χ1) is 10.3. The van der Waals surface area contributed by atoms with E-state index in [1.54, 1.807) is 0 Å². The molecule has 0 saturated carbocycles. The third-order valence-corrected chi connectivity index (χ3v) is 4.60. The van der Waals surface area contributed by atoms with Crippen molar-refractivity contribution in [2.24, 2.45) is 0 Å². The van der Waals surface area contributed by atoms with Gasteiger partial charge in [-0.15, -0.1) is 0 Å². The first kappa shape index (κ1) is 13.4. The molecular formula is C14H19N3O4. The van der Waals surface area contributed by atoms with E-state index in [0.717, 1.165) is 19.7 Å². The third kappa shape index (κ3) is 2.49. The van der Waals surface area contributed by atoms with Gasteiger partial charge in [-0.3, -0.25) is 9.69 Å². The number of rotatable bonds is 2. The Hall–Kier alpha value is -1.31. The highest BCUT2D eigenvalue weighted by Gasteiger charge is 2.36. The monoisotopic (exact) mass is 293 g/mol. The zero-order chi connectivity index (χ0) is 14.2. The van der Waals surface area contributed by atoms with Gasteiger partial charge < -0.3 is 14.0 Å². The number of aromatic nitrogens is 2. The first-order valence-electron chi connectivity index (χ1n) is 7.61. The Morgan fingerprint density at radius 1 is 1.29 bits per heavy atom. The molecule has 4 rings (SSSR count). The summed E-state index contributed by atoms with van der Waals surface area (Å²) in [7, 11) is 0. The highest BCUT2D eigenvalue weighted by Crippen LogP contribution is 2.30. The van der Waals surface area contributed by atoms with Crippen LogP contribution in [0.4, 0.5) is 0 Å². The highest BCUT2D eigenvalue weighted by molar-refractivity contribution is 5.85. The molecule has 0 aliphatic carbocycles. The molecule has 0 spiro atoms. The Balaban J connectivity index is 1.48. The fourth-order valence-corrected chi connectivity index (χ4v) is 3.34. The molecule has 7 nitrogen and oxygen atoms in total. The summed E-state index contributed by atoms with van der Waals surface area (Å²) in [5.41, 5.74) is 0. The van der Waals surface area contributed by atoms with Crippen LogP contribution >= 0.6 is 0 Å². The molecule has 0 bridgehead atoms. The van der Waals surface area contributed by atoms with E-state index >= 15 is 0 Å². The number of carbonyl (C=O) groups is 1. The van der Waals surface area contributed by atoms with E-state index in [9.17, 15) is 4.79 Å². The number of Topliss-reactive ketones (excluding diaryl/α,β-unsaturated/α-hetero) is 1. The van der Waals surface area contributed by atoms with Crippen molar-refractivity contribution in [2.45, 2.75) is 37.3 Å². The van der Waals surface area contributed by atoms with Gasteiger partial charge in [-0.25, -0.2) is 0 Å². The molecule has 3 saturated heterocycles. The van der Waals surface area contributed by atoms with Crippen molar-refractivity contribution in [1.29, 1.82) is 0 Å². The van der Waals surface area contributed by atoms with E-state index in [1.165, 1.54) is 12.8 Å². The molecule has 3 aliphatic rings. The normalized spacial score (nSPS) is 34.1. The fraction of sp³-hybridized carbons (Fsp3) is 0.786. The maximum absolute atomic E-state index is 11.9. The van der Waals surface area contributed by atoms with Gasteiger partial charge in [-0.2, -0.15) is 4.98 Å². The van der Waals surface area contributed by atoms with Crippen LogP contribution in [-0.2, 0) is 14.3 Å². The Morgan fingerprint density at radius 2 is 2.24 bits per heavy atom. The summed E-state index contributed by atoms with van der Waals surface area (Å²) in [6.45, 7) is 3.46. The number of nitrogens with zero attached hydrogens (tertiary/aromatic N) is 3. The van der Waals surface area contributed by atoms with Crippen LogP contribution in [0.1, 0.15) is 43.0 Å². The van der Waals surface area contributed by atoms with E-state index in [4.69, 9.17) is 14.0 Å². The Bertz CT molecular complexity index is 532. The lowest BCUT2D eigenvalue weighted by atomic mass is 10.0. The maximum atomic E-state index is 11.9. The van der Waals surface area contributed by atoms with Gasteiger partial charge in [0.05, 0.1) is 19.8 Å². The van der Waals surface area contributed by atoms with Crippen LogP contribution in [0.5, 0.6) is 0 Å². The molecule has 7 heteroatoms. The Labute approximate surface area is 122 Å². The molecule has 3 fully saturated rings. The zero-order valence-electron chi connectivity index (χ0n) is 11.9. The maximum Gasteiger partial charge on any atom is 0.239 e. The standard InChI is InChI=1S/C14H19N3O4/c18-11-3-5-19-8-10(11)14-15-13(16-21-14)12-6-17-4-1-2-9(17)7-20-12/h9-10,12H,1-8H2. The number of hydrogen-bond acceptors (Lipinski definition) is 7. The van der Waals surface area contributed by atoms with Gasteiger partial charge in [0.25, 0.3) is 0 Å². The number of carbonyl (C=O) groups excluding carboxylic acids is 1. The quantitative estimate of drug-likeness (QED) is 0.793. The van der Waals surface area contributed by atoms with Gasteiger partial charge in [0.2, 0.25) is 11.7 Å². The lowest BCUT2D eigenvalue weighted by Crippen LogP contribution is -2.42. The van der Waals surface area contributed by atoms with Crippen molar-refractivity contribution in [1.82, 2.24) is 15.0 Å². The molecule has 4 heterocycles. The number of ketones is 1. The van der Waals surface area contributed by atoms with Crippen LogP contribution in [0.3, 0.4) is 0 Å². The van der Waals surface area contributed by atoms with Gasteiger partial charge in [0, 0.05) is 19.0 Å². The largest absolute Gasteiger partial charge is 0.380 e. The Morgan fingerprint density at radius 3 is 3.14 bits per heavy atom. The van der Waals surface area contributed by atoms with Crippen molar-refractivity contribution < 1.29 is 18.8 Å². The summed E-state index contributed by atoms with van der Waals surface area (Å²) in [5.74, 6) is 0.610. The van der Waals surface area contributed by atoms with Crippen molar-refractivity contribution in [3.8, 4) is 0 Å². The number of fused-ring (bicyclic) bond motifs is 1. The lowest BCUT2D eigenvalue weighted by molar-refractivity contribution is -0.127. The molecule has 0 N–H and O–H groups in total. The molecule has 1 aromatic rings. The molecule has 0 radical (unpaired) electrons. The van der Waals surface area contributed by atoms with Gasteiger partial charge in [-0.1, -0.05) is 5.16 Å². The molecule has 21 heavy (non-hydrogen) atoms. The molecule has 3 atom stereocenters. The van der Waals surface area contributed by atoms with Crippen LogP contribution in [0.2, 0.25) is 0 Å². The Kier molecular flexibility index (Phi) is 3.48. The molecule has 3 unspecified atom stereocenters. The van der Waals surface area contributed by atoms with Crippen molar-refractivity contribution in [3.05, 3.63) is 11.7 Å². The molecule has 114 valence electrons. The number of morpholine rings is 1. The summed E-state index contributed by atoms with van der Waals surface area (Å²) < 4.78 is 16.5. The second-order valence-electron chi connectivity index (χ2n) is 5.95. The molecule has 0 amide bonds. The van der Waals surface area contributed by atoms with E-state index in [0.29, 0.717) is 37.4 Å². The predicted molar refractivity (Wildman–Crippen MR) is 70.8 cm³/mol. The van der Waals surface area contributed by atoms with Crippen molar-refractivity contribution in [3.63, 3.8) is 0 Å². The topological polar surface area (TPSA) is 77.7 Å². The van der Waals surface area contributed by atoms with Crippen molar-refractivity contribution >= 4 is 5.78 Å². The van der Waals surface area contributed by atoms with Gasteiger partial charge in [-0.05, 0) is 19.4 Å². The second kappa shape index (κ2) is 5.47.